The van der Waals surface area contributed by atoms with Crippen LogP contribution in [0.4, 0.5) is 0 Å². The average molecular weight is 410 g/mol. The van der Waals surface area contributed by atoms with Crippen molar-refractivity contribution in [3.05, 3.63) is 76.4 Å². The van der Waals surface area contributed by atoms with Crippen LogP contribution in [0, 0.1) is 0 Å². The third kappa shape index (κ3) is 2.79. The van der Waals surface area contributed by atoms with E-state index in [1.807, 2.05) is 36.4 Å². The van der Waals surface area contributed by atoms with Crippen LogP contribution in [0.5, 0.6) is 0 Å². The Morgan fingerprint density at radius 1 is 0.968 bits per heavy atom. The quantitative estimate of drug-likeness (QED) is 0.597. The molecule has 2 aliphatic heterocycles. The van der Waals surface area contributed by atoms with Crippen LogP contribution in [0.1, 0.15) is 34.1 Å². The molecule has 0 radical (unpaired) electrons. The number of nitrogens with zero attached hydrogens (tertiary/aromatic N) is 2. The zero-order valence-electron chi connectivity index (χ0n) is 18.1. The van der Waals surface area contributed by atoms with Crippen molar-refractivity contribution < 1.29 is 13.7 Å². The lowest BCUT2D eigenvalue weighted by Crippen LogP contribution is -2.41. The molecule has 1 aliphatic carbocycles. The summed E-state index contributed by atoms with van der Waals surface area (Å²) in [5.74, 6) is 0.626. The minimum Gasteiger partial charge on any atom is -0.436 e. The molecule has 0 spiro atoms. The molecule has 2 aromatic carbocycles. The smallest absolute Gasteiger partial charge is 0.436 e. The molecule has 3 aliphatic rings. The molecular weight excluding hydrogens is 387 g/mol. The van der Waals surface area contributed by atoms with Crippen molar-refractivity contribution in [1.82, 2.24) is 4.98 Å². The molecule has 0 saturated carbocycles. The number of hydrogen-bond donors (Lipinski definition) is 0. The van der Waals surface area contributed by atoms with E-state index in [9.17, 15) is 0 Å². The number of hydrogen-bond acceptors (Lipinski definition) is 5. The Morgan fingerprint density at radius 3 is 2.45 bits per heavy atom. The Hall–Kier alpha value is -2.96. The van der Waals surface area contributed by atoms with Gasteiger partial charge in [0, 0.05) is 16.3 Å². The van der Waals surface area contributed by atoms with E-state index >= 15 is 0 Å². The van der Waals surface area contributed by atoms with Crippen molar-refractivity contribution in [2.75, 3.05) is 0 Å². The van der Waals surface area contributed by atoms with Crippen LogP contribution < -0.4 is 10.6 Å². The van der Waals surface area contributed by atoms with Gasteiger partial charge < -0.3 is 13.7 Å². The third-order valence-corrected chi connectivity index (χ3v) is 6.77. The molecule has 5 nitrogen and oxygen atoms in total. The number of oxazole rings is 1. The fourth-order valence-electron chi connectivity index (χ4n) is 4.31. The van der Waals surface area contributed by atoms with Gasteiger partial charge in [0.1, 0.15) is 5.52 Å². The standard InChI is InChI=1S/C25H23BN2O3/c1-24(2)25(3,4)31-26(30-24)18-12-8-11-16-17-13-21-20(14-19(17)27-22(16)18)28-23(29-21)15-9-6-5-7-10-15/h5-10,12-14H,11H2,1-4H3. The molecule has 0 unspecified atom stereocenters. The maximum absolute atomic E-state index is 6.30. The van der Waals surface area contributed by atoms with Gasteiger partial charge in [-0.05, 0) is 64.0 Å². The number of allylic oxidation sites excluding steroid dienone is 4. The molecule has 0 N–H and O–H groups in total. The van der Waals surface area contributed by atoms with E-state index in [4.69, 9.17) is 23.7 Å². The van der Waals surface area contributed by atoms with Crippen molar-refractivity contribution in [3.63, 3.8) is 0 Å². The first-order chi connectivity index (χ1) is 14.8. The van der Waals surface area contributed by atoms with Gasteiger partial charge in [-0.3, -0.25) is 0 Å². The minimum absolute atomic E-state index is 0.389. The van der Waals surface area contributed by atoms with Gasteiger partial charge in [-0.2, -0.15) is 0 Å². The second kappa shape index (κ2) is 6.28. The van der Waals surface area contributed by atoms with Crippen molar-refractivity contribution in [1.29, 1.82) is 0 Å². The molecule has 6 heteroatoms. The van der Waals surface area contributed by atoms with Gasteiger partial charge in [-0.15, -0.1) is 0 Å². The first-order valence-electron chi connectivity index (χ1n) is 10.7. The van der Waals surface area contributed by atoms with E-state index in [-0.39, 0.29) is 11.2 Å². The first-order valence-corrected chi connectivity index (χ1v) is 10.7. The maximum atomic E-state index is 6.30. The van der Waals surface area contributed by atoms with E-state index in [1.54, 1.807) is 0 Å². The fraction of sp³-hybridized carbons (Fsp3) is 0.280. The Balaban J connectivity index is 1.48. The highest BCUT2D eigenvalue weighted by Gasteiger charge is 2.53. The monoisotopic (exact) mass is 410 g/mol. The van der Waals surface area contributed by atoms with Crippen LogP contribution in [0.3, 0.4) is 0 Å². The Bertz CT molecular complexity index is 1400. The summed E-state index contributed by atoms with van der Waals surface area (Å²) in [4.78, 5) is 9.67. The summed E-state index contributed by atoms with van der Waals surface area (Å²) in [6.07, 6.45) is 5.07. The summed E-state index contributed by atoms with van der Waals surface area (Å²) >= 11 is 0. The number of benzene rings is 2. The molecule has 31 heavy (non-hydrogen) atoms. The average Bonchev–Trinajstić information content (AvgIpc) is 3.37. The molecule has 3 heterocycles. The van der Waals surface area contributed by atoms with Crippen molar-refractivity contribution >= 4 is 23.8 Å². The zero-order chi connectivity index (χ0) is 21.4. The van der Waals surface area contributed by atoms with Gasteiger partial charge in [-0.1, -0.05) is 30.4 Å². The van der Waals surface area contributed by atoms with Crippen LogP contribution >= 0.6 is 0 Å². The second-order valence-electron chi connectivity index (χ2n) is 9.31. The lowest BCUT2D eigenvalue weighted by Gasteiger charge is -2.32. The molecular formula is C25H23BN2O3. The van der Waals surface area contributed by atoms with Gasteiger partial charge in [0.05, 0.1) is 22.3 Å². The summed E-state index contributed by atoms with van der Waals surface area (Å²) in [6.45, 7) is 8.28. The molecule has 1 saturated heterocycles. The molecule has 1 aromatic heterocycles. The van der Waals surface area contributed by atoms with Gasteiger partial charge >= 0.3 is 7.12 Å². The van der Waals surface area contributed by atoms with Crippen LogP contribution in [0.15, 0.2) is 75.2 Å². The lowest BCUT2D eigenvalue weighted by atomic mass is 9.73. The molecule has 0 bridgehead atoms. The van der Waals surface area contributed by atoms with Crippen LogP contribution in [0.25, 0.3) is 28.1 Å². The lowest BCUT2D eigenvalue weighted by molar-refractivity contribution is 0.00578. The van der Waals surface area contributed by atoms with E-state index in [0.717, 1.165) is 44.8 Å². The molecule has 0 atom stereocenters. The number of fused-ring (bicyclic) bond motifs is 3. The predicted molar refractivity (Wildman–Crippen MR) is 120 cm³/mol. The molecule has 0 amide bonds. The van der Waals surface area contributed by atoms with Crippen molar-refractivity contribution in [2.45, 2.75) is 45.3 Å². The van der Waals surface area contributed by atoms with E-state index in [1.165, 1.54) is 5.57 Å². The first kappa shape index (κ1) is 18.8. The maximum Gasteiger partial charge on any atom is 0.497 e. The fourth-order valence-corrected chi connectivity index (χ4v) is 4.31. The highest BCUT2D eigenvalue weighted by atomic mass is 16.7. The second-order valence-corrected chi connectivity index (χ2v) is 9.31. The molecule has 6 rings (SSSR count). The summed E-state index contributed by atoms with van der Waals surface area (Å²) in [6, 6.07) is 14.0. The van der Waals surface area contributed by atoms with Crippen molar-refractivity contribution in [3.8, 4) is 11.5 Å². The number of aromatic nitrogens is 1. The van der Waals surface area contributed by atoms with Crippen molar-refractivity contribution in [2.24, 2.45) is 4.99 Å². The molecule has 3 aromatic rings. The largest absolute Gasteiger partial charge is 0.497 e. The van der Waals surface area contributed by atoms with Gasteiger partial charge in [0.15, 0.2) is 5.58 Å². The van der Waals surface area contributed by atoms with E-state index in [0.29, 0.717) is 5.89 Å². The van der Waals surface area contributed by atoms with E-state index < -0.39 is 7.12 Å². The van der Waals surface area contributed by atoms with Gasteiger partial charge in [-0.25, -0.2) is 9.98 Å². The van der Waals surface area contributed by atoms with E-state index in [2.05, 4.69) is 45.9 Å². The van der Waals surface area contributed by atoms with Gasteiger partial charge in [0.2, 0.25) is 5.89 Å². The highest BCUT2D eigenvalue weighted by Crippen LogP contribution is 2.41. The summed E-state index contributed by atoms with van der Waals surface area (Å²) < 4.78 is 18.7. The number of rotatable bonds is 2. The van der Waals surface area contributed by atoms with Crippen LogP contribution in [0.2, 0.25) is 0 Å². The Labute approximate surface area is 180 Å². The SMILES string of the molecule is CC1(C)OB(C2=C3N=c4cc5nc(-c6ccccc6)oc5cc4=C3CC=C2)OC1(C)C. The van der Waals surface area contributed by atoms with Crippen LogP contribution in [-0.4, -0.2) is 23.3 Å². The Kier molecular flexibility index (Phi) is 3.81. The normalized spacial score (nSPS) is 20.9. The topological polar surface area (TPSA) is 56.9 Å². The Morgan fingerprint density at radius 2 is 1.71 bits per heavy atom. The summed E-state index contributed by atoms with van der Waals surface area (Å²) in [7, 11) is -0.435. The van der Waals surface area contributed by atoms with Gasteiger partial charge in [0.25, 0.3) is 0 Å². The molecule has 154 valence electrons. The minimum atomic E-state index is -0.435. The summed E-state index contributed by atoms with van der Waals surface area (Å²) in [5.41, 5.74) is 4.88. The molecule has 1 fully saturated rings. The third-order valence-electron chi connectivity index (χ3n) is 6.77. The van der Waals surface area contributed by atoms with Crippen LogP contribution in [-0.2, 0) is 9.31 Å². The predicted octanol–water partition coefficient (Wildman–Crippen LogP) is 4.12. The highest BCUT2D eigenvalue weighted by molar-refractivity contribution is 6.56. The zero-order valence-corrected chi connectivity index (χ0v) is 18.1. The summed E-state index contributed by atoms with van der Waals surface area (Å²) in [5, 5.41) is 2.01.